The molecule has 0 atom stereocenters. The molecule has 0 unspecified atom stereocenters. The molecule has 2 aliphatic rings. The van der Waals surface area contributed by atoms with Crippen LogP contribution in [0.2, 0.25) is 0 Å². The molecule has 0 aromatic rings. The van der Waals surface area contributed by atoms with Crippen LogP contribution in [-0.2, 0) is 14.3 Å². The van der Waals surface area contributed by atoms with Crippen molar-refractivity contribution in [2.24, 2.45) is 5.73 Å². The summed E-state index contributed by atoms with van der Waals surface area (Å²) in [4.78, 5) is 13.0. The maximum Gasteiger partial charge on any atom is 0.218 e. The quantitative estimate of drug-likeness (QED) is 0.778. The van der Waals surface area contributed by atoms with Gasteiger partial charge in [0.25, 0.3) is 0 Å². The summed E-state index contributed by atoms with van der Waals surface area (Å²) in [5, 5.41) is 0. The average molecular weight is 242 g/mol. The molecule has 2 N–H and O–H groups in total. The van der Waals surface area contributed by atoms with Crippen molar-refractivity contribution in [3.63, 3.8) is 0 Å². The van der Waals surface area contributed by atoms with Crippen molar-refractivity contribution >= 4 is 5.91 Å². The van der Waals surface area contributed by atoms with Crippen molar-refractivity contribution in [1.29, 1.82) is 0 Å². The Kier molecular flexibility index (Phi) is 4.01. The number of primary amides is 1. The molecule has 1 aliphatic carbocycles. The van der Waals surface area contributed by atoms with Gasteiger partial charge in [-0.1, -0.05) is 0 Å². The fourth-order valence-corrected chi connectivity index (χ4v) is 2.74. The lowest BCUT2D eigenvalue weighted by Gasteiger charge is -2.39. The summed E-state index contributed by atoms with van der Waals surface area (Å²) in [6.45, 7) is 2.19. The monoisotopic (exact) mass is 242 g/mol. The standard InChI is InChI=1S/C12H22N2O3/c1-14(7-4-11(13)15)10-2-5-12(6-3-10)16-8-9-17-12/h10H,2-9H2,1H3,(H2,13,15). The zero-order valence-corrected chi connectivity index (χ0v) is 10.5. The molecule has 1 aliphatic heterocycles. The minimum absolute atomic E-state index is 0.230. The summed E-state index contributed by atoms with van der Waals surface area (Å²) in [7, 11) is 2.06. The third-order valence-electron chi connectivity index (χ3n) is 3.86. The second-order valence-corrected chi connectivity index (χ2v) is 5.04. The van der Waals surface area contributed by atoms with Gasteiger partial charge in [0, 0.05) is 31.8 Å². The van der Waals surface area contributed by atoms with E-state index in [0.29, 0.717) is 12.5 Å². The van der Waals surface area contributed by atoms with Crippen LogP contribution in [-0.4, -0.2) is 49.4 Å². The number of carbonyl (C=O) groups is 1. The first-order valence-corrected chi connectivity index (χ1v) is 6.38. The van der Waals surface area contributed by atoms with Crippen LogP contribution in [0.25, 0.3) is 0 Å². The maximum absolute atomic E-state index is 10.7. The van der Waals surface area contributed by atoms with Crippen LogP contribution >= 0.6 is 0 Å². The molecule has 0 radical (unpaired) electrons. The van der Waals surface area contributed by atoms with E-state index in [9.17, 15) is 4.79 Å². The Morgan fingerprint density at radius 1 is 1.35 bits per heavy atom. The number of amides is 1. The Morgan fingerprint density at radius 3 is 2.47 bits per heavy atom. The van der Waals surface area contributed by atoms with Gasteiger partial charge in [0.1, 0.15) is 0 Å². The minimum Gasteiger partial charge on any atom is -0.370 e. The van der Waals surface area contributed by atoms with E-state index in [2.05, 4.69) is 11.9 Å². The summed E-state index contributed by atoms with van der Waals surface area (Å²) in [5.74, 6) is -0.521. The summed E-state index contributed by atoms with van der Waals surface area (Å²) < 4.78 is 11.4. The molecule has 1 spiro atoms. The topological polar surface area (TPSA) is 64.8 Å². The Bertz CT molecular complexity index is 267. The van der Waals surface area contributed by atoms with Gasteiger partial charge in [-0.25, -0.2) is 0 Å². The maximum atomic E-state index is 10.7. The van der Waals surface area contributed by atoms with Crippen LogP contribution in [0.4, 0.5) is 0 Å². The van der Waals surface area contributed by atoms with Crippen LogP contribution in [0, 0.1) is 0 Å². The van der Waals surface area contributed by atoms with Crippen molar-refractivity contribution in [2.45, 2.75) is 43.9 Å². The number of ether oxygens (including phenoxy) is 2. The van der Waals surface area contributed by atoms with Gasteiger partial charge in [0.05, 0.1) is 13.2 Å². The Hall–Kier alpha value is -0.650. The van der Waals surface area contributed by atoms with Crippen LogP contribution in [0.1, 0.15) is 32.1 Å². The van der Waals surface area contributed by atoms with Crippen LogP contribution in [0.15, 0.2) is 0 Å². The van der Waals surface area contributed by atoms with Gasteiger partial charge in [0.2, 0.25) is 5.91 Å². The first-order valence-electron chi connectivity index (χ1n) is 6.38. The number of rotatable bonds is 4. The highest BCUT2D eigenvalue weighted by molar-refractivity contribution is 5.73. The van der Waals surface area contributed by atoms with E-state index in [1.807, 2.05) is 0 Å². The van der Waals surface area contributed by atoms with E-state index < -0.39 is 0 Å². The molecule has 98 valence electrons. The molecule has 1 amide bonds. The summed E-state index contributed by atoms with van der Waals surface area (Å²) >= 11 is 0. The molecule has 2 rings (SSSR count). The van der Waals surface area contributed by atoms with Gasteiger partial charge in [-0.3, -0.25) is 4.79 Å². The molecule has 5 nitrogen and oxygen atoms in total. The van der Waals surface area contributed by atoms with E-state index in [1.165, 1.54) is 0 Å². The molecular weight excluding hydrogens is 220 g/mol. The van der Waals surface area contributed by atoms with E-state index in [1.54, 1.807) is 0 Å². The van der Waals surface area contributed by atoms with Crippen molar-refractivity contribution in [2.75, 3.05) is 26.8 Å². The fourth-order valence-electron chi connectivity index (χ4n) is 2.74. The molecule has 0 aromatic carbocycles. The summed E-state index contributed by atoms with van der Waals surface area (Å²) in [6.07, 6.45) is 4.48. The lowest BCUT2D eigenvalue weighted by molar-refractivity contribution is -0.183. The largest absolute Gasteiger partial charge is 0.370 e. The lowest BCUT2D eigenvalue weighted by atomic mass is 9.89. The normalized spacial score (nSPS) is 24.6. The predicted octanol–water partition coefficient (Wildman–Crippen LogP) is 0.479. The van der Waals surface area contributed by atoms with Crippen molar-refractivity contribution in [3.8, 4) is 0 Å². The van der Waals surface area contributed by atoms with E-state index in [4.69, 9.17) is 15.2 Å². The van der Waals surface area contributed by atoms with E-state index >= 15 is 0 Å². The highest BCUT2D eigenvalue weighted by Crippen LogP contribution is 2.36. The van der Waals surface area contributed by atoms with Gasteiger partial charge in [0.15, 0.2) is 5.79 Å². The zero-order chi connectivity index (χ0) is 12.3. The smallest absolute Gasteiger partial charge is 0.218 e. The zero-order valence-electron chi connectivity index (χ0n) is 10.5. The van der Waals surface area contributed by atoms with Crippen LogP contribution < -0.4 is 5.73 Å². The molecule has 1 saturated carbocycles. The third kappa shape index (κ3) is 3.18. The molecule has 2 fully saturated rings. The average Bonchev–Trinajstić information content (AvgIpc) is 2.75. The van der Waals surface area contributed by atoms with Gasteiger partial charge in [-0.05, 0) is 19.9 Å². The summed E-state index contributed by atoms with van der Waals surface area (Å²) in [6, 6.07) is 0.521. The first kappa shape index (κ1) is 12.8. The van der Waals surface area contributed by atoms with Crippen LogP contribution in [0.5, 0.6) is 0 Å². The second kappa shape index (κ2) is 5.33. The van der Waals surface area contributed by atoms with Gasteiger partial charge < -0.3 is 20.1 Å². The van der Waals surface area contributed by atoms with Crippen LogP contribution in [0.3, 0.4) is 0 Å². The number of hydrogen-bond donors (Lipinski definition) is 1. The molecule has 17 heavy (non-hydrogen) atoms. The second-order valence-electron chi connectivity index (χ2n) is 5.04. The van der Waals surface area contributed by atoms with Gasteiger partial charge >= 0.3 is 0 Å². The van der Waals surface area contributed by atoms with Gasteiger partial charge in [-0.2, -0.15) is 0 Å². The predicted molar refractivity (Wildman–Crippen MR) is 63.3 cm³/mol. The van der Waals surface area contributed by atoms with Crippen molar-refractivity contribution in [1.82, 2.24) is 4.90 Å². The fraction of sp³-hybridized carbons (Fsp3) is 0.917. The number of hydrogen-bond acceptors (Lipinski definition) is 4. The summed E-state index contributed by atoms with van der Waals surface area (Å²) in [5.41, 5.74) is 5.16. The lowest BCUT2D eigenvalue weighted by Crippen LogP contribution is -2.43. The molecule has 1 saturated heterocycles. The molecular formula is C12H22N2O3. The van der Waals surface area contributed by atoms with Crippen molar-refractivity contribution < 1.29 is 14.3 Å². The SMILES string of the molecule is CN(CCC(N)=O)C1CCC2(CC1)OCCO2. The molecule has 5 heteroatoms. The first-order chi connectivity index (χ1) is 8.11. The van der Waals surface area contributed by atoms with Gasteiger partial charge in [-0.15, -0.1) is 0 Å². The number of nitrogens with two attached hydrogens (primary N) is 1. The molecule has 1 heterocycles. The molecule has 0 bridgehead atoms. The Labute approximate surface area is 102 Å². The highest BCUT2D eigenvalue weighted by Gasteiger charge is 2.40. The third-order valence-corrected chi connectivity index (χ3v) is 3.86. The Morgan fingerprint density at radius 2 is 1.94 bits per heavy atom. The van der Waals surface area contributed by atoms with Crippen molar-refractivity contribution in [3.05, 3.63) is 0 Å². The van der Waals surface area contributed by atoms with E-state index in [0.717, 1.165) is 45.4 Å². The number of carbonyl (C=O) groups excluding carboxylic acids is 1. The molecule has 0 aromatic heterocycles. The minimum atomic E-state index is -0.291. The van der Waals surface area contributed by atoms with E-state index in [-0.39, 0.29) is 11.7 Å². The Balaban J connectivity index is 1.76. The number of nitrogens with zero attached hydrogens (tertiary/aromatic N) is 1. The highest BCUT2D eigenvalue weighted by atomic mass is 16.7.